The van der Waals surface area contributed by atoms with E-state index in [0.29, 0.717) is 11.6 Å². The number of nitrogens with zero attached hydrogens (tertiary/aromatic N) is 2. The minimum atomic E-state index is -0.483. The van der Waals surface area contributed by atoms with E-state index in [1.165, 1.54) is 23.9 Å². The molecule has 5 nitrogen and oxygen atoms in total. The van der Waals surface area contributed by atoms with Gasteiger partial charge in [0.25, 0.3) is 5.69 Å². The van der Waals surface area contributed by atoms with Gasteiger partial charge in [-0.1, -0.05) is 46.8 Å². The summed E-state index contributed by atoms with van der Waals surface area (Å²) in [5.41, 5.74) is 1.52. The molecular weight excluding hydrogens is 304 g/mol. The Balaban J connectivity index is 2.10. The number of benzene rings is 1. The fraction of sp³-hybridized carbons (Fsp3) is 0.421. The van der Waals surface area contributed by atoms with E-state index in [-0.39, 0.29) is 16.5 Å². The third kappa shape index (κ3) is 4.78. The summed E-state index contributed by atoms with van der Waals surface area (Å²) in [6.07, 6.45) is 2.26. The van der Waals surface area contributed by atoms with Crippen LogP contribution in [0.1, 0.15) is 46.6 Å². The summed E-state index contributed by atoms with van der Waals surface area (Å²) >= 11 is 0. The van der Waals surface area contributed by atoms with E-state index in [1.54, 1.807) is 0 Å². The maximum Gasteiger partial charge on any atom is 0.287 e. The van der Waals surface area contributed by atoms with E-state index in [4.69, 9.17) is 4.74 Å². The molecular formula is C19H24N2O3. The van der Waals surface area contributed by atoms with Crippen molar-refractivity contribution in [3.8, 4) is 11.6 Å². The molecule has 0 fully saturated rings. The van der Waals surface area contributed by atoms with Crippen molar-refractivity contribution >= 4 is 5.69 Å². The van der Waals surface area contributed by atoms with Gasteiger partial charge in [-0.15, -0.1) is 0 Å². The first-order chi connectivity index (χ1) is 11.1. The molecule has 0 amide bonds. The van der Waals surface area contributed by atoms with Crippen LogP contribution < -0.4 is 4.74 Å². The van der Waals surface area contributed by atoms with Crippen LogP contribution in [0.4, 0.5) is 5.69 Å². The summed E-state index contributed by atoms with van der Waals surface area (Å²) in [5.74, 6) is 0.994. The van der Waals surface area contributed by atoms with Gasteiger partial charge in [0.1, 0.15) is 11.9 Å². The van der Waals surface area contributed by atoms with E-state index < -0.39 is 4.92 Å². The van der Waals surface area contributed by atoms with Crippen LogP contribution in [0, 0.1) is 15.5 Å². The summed E-state index contributed by atoms with van der Waals surface area (Å²) in [6, 6.07) is 10.8. The highest BCUT2D eigenvalue weighted by molar-refractivity contribution is 5.35. The molecule has 0 saturated carbocycles. The van der Waals surface area contributed by atoms with Crippen molar-refractivity contribution < 1.29 is 9.66 Å². The van der Waals surface area contributed by atoms with Crippen molar-refractivity contribution in [2.75, 3.05) is 0 Å². The Kier molecular flexibility index (Phi) is 4.92. The van der Waals surface area contributed by atoms with Gasteiger partial charge >= 0.3 is 0 Å². The minimum absolute atomic E-state index is 0.0540. The zero-order valence-electron chi connectivity index (χ0n) is 14.9. The Morgan fingerprint density at radius 1 is 1.04 bits per heavy atom. The molecule has 1 aromatic heterocycles. The van der Waals surface area contributed by atoms with Gasteiger partial charge in [-0.3, -0.25) is 10.1 Å². The van der Waals surface area contributed by atoms with Crippen LogP contribution in [0.3, 0.4) is 0 Å². The molecule has 1 aromatic carbocycles. The molecule has 0 aliphatic carbocycles. The summed E-state index contributed by atoms with van der Waals surface area (Å²) in [4.78, 5) is 14.1. The lowest BCUT2D eigenvalue weighted by molar-refractivity contribution is -0.385. The third-order valence-electron chi connectivity index (χ3n) is 3.76. The monoisotopic (exact) mass is 328 g/mol. The second-order valence-corrected chi connectivity index (χ2v) is 7.86. The molecule has 24 heavy (non-hydrogen) atoms. The molecule has 5 heteroatoms. The number of hydrogen-bond donors (Lipinski definition) is 0. The molecule has 0 atom stereocenters. The molecule has 2 aromatic rings. The smallest absolute Gasteiger partial charge is 0.287 e. The largest absolute Gasteiger partial charge is 0.439 e. The number of aromatic nitrogens is 1. The number of rotatable bonds is 5. The molecule has 0 radical (unpaired) electrons. The summed E-state index contributed by atoms with van der Waals surface area (Å²) in [6.45, 7) is 11.2. The van der Waals surface area contributed by atoms with Crippen LogP contribution >= 0.6 is 0 Å². The van der Waals surface area contributed by atoms with Gasteiger partial charge in [-0.2, -0.15) is 0 Å². The van der Waals surface area contributed by atoms with E-state index in [9.17, 15) is 10.1 Å². The van der Waals surface area contributed by atoms with E-state index in [0.717, 1.165) is 6.42 Å². The predicted molar refractivity (Wildman–Crippen MR) is 94.5 cm³/mol. The molecule has 1 heterocycles. The van der Waals surface area contributed by atoms with Crippen LogP contribution in [0.25, 0.3) is 0 Å². The molecule has 0 unspecified atom stereocenters. The molecule has 0 spiro atoms. The van der Waals surface area contributed by atoms with Gasteiger partial charge in [0.2, 0.25) is 5.88 Å². The first kappa shape index (κ1) is 17.9. The quantitative estimate of drug-likeness (QED) is 0.537. The number of ether oxygens (including phenoxy) is 1. The fourth-order valence-electron chi connectivity index (χ4n) is 3.06. The molecule has 0 saturated heterocycles. The molecule has 0 bridgehead atoms. The molecule has 128 valence electrons. The van der Waals surface area contributed by atoms with Crippen molar-refractivity contribution in [3.63, 3.8) is 0 Å². The highest BCUT2D eigenvalue weighted by Crippen LogP contribution is 2.37. The Labute approximate surface area is 142 Å². The normalized spacial score (nSPS) is 12.0. The Hall–Kier alpha value is -2.43. The van der Waals surface area contributed by atoms with Crippen molar-refractivity contribution in [3.05, 3.63) is 58.3 Å². The highest BCUT2D eigenvalue weighted by atomic mass is 16.6. The topological polar surface area (TPSA) is 65.3 Å². The zero-order valence-corrected chi connectivity index (χ0v) is 14.9. The van der Waals surface area contributed by atoms with Crippen LogP contribution in [0.2, 0.25) is 0 Å². The number of nitro groups is 1. The summed E-state index contributed by atoms with van der Waals surface area (Å²) < 4.78 is 5.65. The standard InChI is InChI=1S/C19H24N2O3/c1-18(2,3)13-19(4,5)14-6-9-16(10-7-14)24-17-11-8-15(12-20-17)21(22)23/h6-12H,13H2,1-5H3. The van der Waals surface area contributed by atoms with Crippen LogP contribution in [-0.2, 0) is 5.41 Å². The van der Waals surface area contributed by atoms with Gasteiger partial charge in [0, 0.05) is 12.1 Å². The first-order valence-corrected chi connectivity index (χ1v) is 7.96. The van der Waals surface area contributed by atoms with Gasteiger partial charge < -0.3 is 4.74 Å². The number of hydrogen-bond acceptors (Lipinski definition) is 4. The first-order valence-electron chi connectivity index (χ1n) is 7.96. The average molecular weight is 328 g/mol. The van der Waals surface area contributed by atoms with Crippen LogP contribution in [0.5, 0.6) is 11.6 Å². The lowest BCUT2D eigenvalue weighted by atomic mass is 9.72. The predicted octanol–water partition coefficient (Wildman–Crippen LogP) is 5.50. The second kappa shape index (κ2) is 6.59. The van der Waals surface area contributed by atoms with Crippen molar-refractivity contribution in [1.29, 1.82) is 0 Å². The fourth-order valence-corrected chi connectivity index (χ4v) is 3.06. The molecule has 0 N–H and O–H groups in total. The lowest BCUT2D eigenvalue weighted by Crippen LogP contribution is -2.24. The van der Waals surface area contributed by atoms with E-state index >= 15 is 0 Å². The minimum Gasteiger partial charge on any atom is -0.439 e. The third-order valence-corrected chi connectivity index (χ3v) is 3.76. The Morgan fingerprint density at radius 3 is 2.12 bits per heavy atom. The number of pyridine rings is 1. The van der Waals surface area contributed by atoms with Crippen molar-refractivity contribution in [2.24, 2.45) is 5.41 Å². The van der Waals surface area contributed by atoms with Gasteiger partial charge in [0.05, 0.1) is 4.92 Å². The van der Waals surface area contributed by atoms with E-state index in [1.807, 2.05) is 12.1 Å². The lowest BCUT2D eigenvalue weighted by Gasteiger charge is -2.33. The highest BCUT2D eigenvalue weighted by Gasteiger charge is 2.27. The molecule has 2 rings (SSSR count). The Morgan fingerprint density at radius 2 is 1.67 bits per heavy atom. The Bertz CT molecular complexity index is 699. The maximum absolute atomic E-state index is 10.6. The SMILES string of the molecule is CC(C)(C)CC(C)(C)c1ccc(Oc2ccc([N+](=O)[O-])cn2)cc1. The van der Waals surface area contributed by atoms with Gasteiger partial charge in [0.15, 0.2) is 0 Å². The van der Waals surface area contributed by atoms with Gasteiger partial charge in [-0.25, -0.2) is 4.98 Å². The van der Waals surface area contributed by atoms with Crippen LogP contribution in [0.15, 0.2) is 42.6 Å². The van der Waals surface area contributed by atoms with Crippen molar-refractivity contribution in [1.82, 2.24) is 4.98 Å². The maximum atomic E-state index is 10.6. The molecule has 0 aliphatic rings. The van der Waals surface area contributed by atoms with E-state index in [2.05, 4.69) is 51.7 Å². The summed E-state index contributed by atoms with van der Waals surface area (Å²) in [7, 11) is 0. The van der Waals surface area contributed by atoms with Gasteiger partial charge in [-0.05, 0) is 34.9 Å². The van der Waals surface area contributed by atoms with Crippen LogP contribution in [-0.4, -0.2) is 9.91 Å². The molecule has 0 aliphatic heterocycles. The summed E-state index contributed by atoms with van der Waals surface area (Å²) in [5, 5.41) is 10.6. The average Bonchev–Trinajstić information content (AvgIpc) is 2.46. The second-order valence-electron chi connectivity index (χ2n) is 7.86. The zero-order chi connectivity index (χ0) is 18.0. The van der Waals surface area contributed by atoms with Crippen molar-refractivity contribution in [2.45, 2.75) is 46.5 Å².